The van der Waals surface area contributed by atoms with Crippen LogP contribution < -0.4 is 5.32 Å². The van der Waals surface area contributed by atoms with Crippen molar-refractivity contribution < 1.29 is 9.90 Å². The summed E-state index contributed by atoms with van der Waals surface area (Å²) in [5.41, 5.74) is 1.01. The number of carbonyl (C=O) groups is 1. The van der Waals surface area contributed by atoms with Gasteiger partial charge in [0.2, 0.25) is 0 Å². The van der Waals surface area contributed by atoms with E-state index in [1.54, 1.807) is 26.0 Å². The first kappa shape index (κ1) is 17.1. The average Bonchev–Trinajstić information content (AvgIpc) is 2.91. The molecule has 0 unspecified atom stereocenters. The van der Waals surface area contributed by atoms with Gasteiger partial charge in [0.25, 0.3) is 5.91 Å². The molecule has 1 aromatic heterocycles. The molecule has 2 aromatic rings. The van der Waals surface area contributed by atoms with Gasteiger partial charge in [-0.25, -0.2) is 4.98 Å². The number of amides is 1. The number of nitrogens with zero attached hydrogens (tertiary/aromatic N) is 2. The quantitative estimate of drug-likeness (QED) is 0.762. The maximum atomic E-state index is 12.2. The third-order valence-electron chi connectivity index (χ3n) is 3.59. The summed E-state index contributed by atoms with van der Waals surface area (Å²) in [6.45, 7) is 7.25. The van der Waals surface area contributed by atoms with Gasteiger partial charge in [0, 0.05) is 5.56 Å². The third kappa shape index (κ3) is 5.17. The number of aromatic nitrogens is 3. The van der Waals surface area contributed by atoms with E-state index >= 15 is 0 Å². The topological polar surface area (TPSA) is 90.9 Å². The van der Waals surface area contributed by atoms with Crippen LogP contribution in [0.1, 0.15) is 60.8 Å². The molecule has 3 N–H and O–H groups in total. The second-order valence-corrected chi connectivity index (χ2v) is 6.48. The van der Waals surface area contributed by atoms with Crippen LogP contribution in [0, 0.1) is 6.92 Å². The number of H-pyrrole nitrogens is 1. The zero-order valence-electron chi connectivity index (χ0n) is 14.1. The van der Waals surface area contributed by atoms with Gasteiger partial charge in [-0.15, -0.1) is 0 Å². The van der Waals surface area contributed by atoms with Gasteiger partial charge >= 0.3 is 0 Å². The normalized spacial score (nSPS) is 12.9. The lowest BCUT2D eigenvalue weighted by Gasteiger charge is -2.16. The summed E-state index contributed by atoms with van der Waals surface area (Å²) in [6, 6.07) is 7.17. The van der Waals surface area contributed by atoms with Crippen molar-refractivity contribution in [2.75, 3.05) is 0 Å². The Morgan fingerprint density at radius 3 is 2.52 bits per heavy atom. The minimum absolute atomic E-state index is 0.158. The second kappa shape index (κ2) is 6.91. The van der Waals surface area contributed by atoms with Gasteiger partial charge in [-0.3, -0.25) is 9.89 Å². The van der Waals surface area contributed by atoms with Gasteiger partial charge in [0.15, 0.2) is 5.82 Å². The average molecular weight is 316 g/mol. The van der Waals surface area contributed by atoms with Crippen LogP contribution in [0.4, 0.5) is 0 Å². The van der Waals surface area contributed by atoms with E-state index in [4.69, 9.17) is 0 Å². The third-order valence-corrected chi connectivity index (χ3v) is 3.59. The van der Waals surface area contributed by atoms with Crippen LogP contribution in [0.15, 0.2) is 24.3 Å². The summed E-state index contributed by atoms with van der Waals surface area (Å²) < 4.78 is 0. The summed E-state index contributed by atoms with van der Waals surface area (Å²) in [5, 5.41) is 19.4. The minimum atomic E-state index is -0.680. The van der Waals surface area contributed by atoms with Crippen LogP contribution in [0.5, 0.6) is 0 Å². The number of rotatable bonds is 6. The summed E-state index contributed by atoms with van der Waals surface area (Å²) in [6.07, 6.45) is 1.46. The molecule has 6 heteroatoms. The van der Waals surface area contributed by atoms with Crippen LogP contribution >= 0.6 is 0 Å². The van der Waals surface area contributed by atoms with Gasteiger partial charge in [-0.05, 0) is 58.2 Å². The Bertz CT molecular complexity index is 656. The molecule has 0 aliphatic heterocycles. The molecule has 6 nitrogen and oxygen atoms in total. The van der Waals surface area contributed by atoms with E-state index in [1.165, 1.54) is 0 Å². The highest BCUT2D eigenvalue weighted by molar-refractivity contribution is 5.94. The molecule has 1 atom stereocenters. The number of aliphatic hydroxyl groups is 1. The van der Waals surface area contributed by atoms with E-state index in [2.05, 4.69) is 20.5 Å². The first-order valence-electron chi connectivity index (χ1n) is 7.76. The fraction of sp³-hybridized carbons (Fsp3) is 0.471. The lowest BCUT2D eigenvalue weighted by Crippen LogP contribution is -2.27. The highest BCUT2D eigenvalue weighted by Gasteiger charge is 2.15. The Kier molecular flexibility index (Phi) is 5.15. The molecule has 0 saturated carbocycles. The van der Waals surface area contributed by atoms with E-state index in [-0.39, 0.29) is 11.9 Å². The maximum absolute atomic E-state index is 12.2. The van der Waals surface area contributed by atoms with Crippen LogP contribution in [-0.2, 0) is 6.42 Å². The van der Waals surface area contributed by atoms with E-state index in [1.807, 2.05) is 26.0 Å². The maximum Gasteiger partial charge on any atom is 0.251 e. The Hall–Kier alpha value is -2.21. The predicted molar refractivity (Wildman–Crippen MR) is 88.1 cm³/mol. The molecule has 0 radical (unpaired) electrons. The molecule has 124 valence electrons. The van der Waals surface area contributed by atoms with Crippen LogP contribution in [0.2, 0.25) is 0 Å². The van der Waals surface area contributed by atoms with Crippen molar-refractivity contribution in [2.24, 2.45) is 0 Å². The number of benzene rings is 1. The van der Waals surface area contributed by atoms with Crippen molar-refractivity contribution in [3.63, 3.8) is 0 Å². The van der Waals surface area contributed by atoms with E-state index < -0.39 is 5.60 Å². The van der Waals surface area contributed by atoms with Crippen LogP contribution in [-0.4, -0.2) is 31.8 Å². The lowest BCUT2D eigenvalue weighted by atomic mass is 9.98. The zero-order chi connectivity index (χ0) is 17.0. The molecule has 1 amide bonds. The SMILES string of the molecule is Cc1nc([C@@H](C)NC(=O)c2ccc(CCC(C)(C)O)cc2)n[nH]1. The Labute approximate surface area is 136 Å². The Morgan fingerprint density at radius 2 is 2.00 bits per heavy atom. The summed E-state index contributed by atoms with van der Waals surface area (Å²) >= 11 is 0. The van der Waals surface area contributed by atoms with Gasteiger partial charge in [-0.2, -0.15) is 5.10 Å². The van der Waals surface area contributed by atoms with Crippen molar-refractivity contribution in [1.29, 1.82) is 0 Å². The Balaban J connectivity index is 1.94. The predicted octanol–water partition coefficient (Wildman–Crippen LogP) is 2.31. The highest BCUT2D eigenvalue weighted by atomic mass is 16.3. The molecule has 0 saturated heterocycles. The number of aryl methyl sites for hydroxylation is 2. The molecule has 1 aromatic carbocycles. The fourth-order valence-electron chi connectivity index (χ4n) is 2.17. The number of nitrogens with one attached hydrogen (secondary N) is 2. The minimum Gasteiger partial charge on any atom is -0.390 e. The molecule has 2 rings (SSSR count). The van der Waals surface area contributed by atoms with E-state index in [9.17, 15) is 9.90 Å². The van der Waals surface area contributed by atoms with Crippen LogP contribution in [0.3, 0.4) is 0 Å². The number of aromatic amines is 1. The van der Waals surface area contributed by atoms with Crippen molar-refractivity contribution >= 4 is 5.91 Å². The molecule has 0 aliphatic rings. The molecule has 23 heavy (non-hydrogen) atoms. The largest absolute Gasteiger partial charge is 0.390 e. The van der Waals surface area contributed by atoms with Crippen molar-refractivity contribution in [3.05, 3.63) is 47.0 Å². The van der Waals surface area contributed by atoms with Crippen molar-refractivity contribution in [1.82, 2.24) is 20.5 Å². The highest BCUT2D eigenvalue weighted by Crippen LogP contribution is 2.14. The number of hydrogen-bond donors (Lipinski definition) is 3. The molecule has 1 heterocycles. The molecule has 0 bridgehead atoms. The molecular weight excluding hydrogens is 292 g/mol. The lowest BCUT2D eigenvalue weighted by molar-refractivity contribution is 0.0713. The first-order chi connectivity index (χ1) is 10.7. The summed E-state index contributed by atoms with van der Waals surface area (Å²) in [7, 11) is 0. The Morgan fingerprint density at radius 1 is 1.35 bits per heavy atom. The van der Waals surface area contributed by atoms with Gasteiger partial charge < -0.3 is 10.4 Å². The first-order valence-corrected chi connectivity index (χ1v) is 7.76. The summed E-state index contributed by atoms with van der Waals surface area (Å²) in [4.78, 5) is 16.5. The molecule has 0 spiro atoms. The monoisotopic (exact) mass is 316 g/mol. The number of hydrogen-bond acceptors (Lipinski definition) is 4. The van der Waals surface area contributed by atoms with Crippen molar-refractivity contribution in [3.8, 4) is 0 Å². The van der Waals surface area contributed by atoms with Crippen LogP contribution in [0.25, 0.3) is 0 Å². The smallest absolute Gasteiger partial charge is 0.251 e. The number of carbonyl (C=O) groups excluding carboxylic acids is 1. The zero-order valence-corrected chi connectivity index (χ0v) is 14.1. The van der Waals surface area contributed by atoms with Gasteiger partial charge in [-0.1, -0.05) is 12.1 Å². The van der Waals surface area contributed by atoms with Gasteiger partial charge in [0.05, 0.1) is 11.6 Å². The van der Waals surface area contributed by atoms with Crippen molar-refractivity contribution in [2.45, 2.75) is 52.2 Å². The fourth-order valence-corrected chi connectivity index (χ4v) is 2.17. The molecular formula is C17H24N4O2. The standard InChI is InChI=1S/C17H24N4O2/c1-11(15-19-12(2)20-21-15)18-16(22)14-7-5-13(6-8-14)9-10-17(3,4)23/h5-8,11,23H,9-10H2,1-4H3,(H,18,22)(H,19,20,21)/t11-/m1/s1. The molecule has 0 aliphatic carbocycles. The molecule has 0 fully saturated rings. The van der Waals surface area contributed by atoms with Gasteiger partial charge in [0.1, 0.15) is 5.82 Å². The van der Waals surface area contributed by atoms with E-state index in [0.717, 1.165) is 17.8 Å². The second-order valence-electron chi connectivity index (χ2n) is 6.48. The summed E-state index contributed by atoms with van der Waals surface area (Å²) in [5.74, 6) is 1.13. The van der Waals surface area contributed by atoms with E-state index in [0.29, 0.717) is 17.8 Å².